The minimum atomic E-state index is 0.946. The van der Waals surface area contributed by atoms with E-state index in [2.05, 4.69) is 29.4 Å². The summed E-state index contributed by atoms with van der Waals surface area (Å²) in [5.41, 5.74) is 2.42. The fourth-order valence-electron chi connectivity index (χ4n) is 1.91. The predicted molar refractivity (Wildman–Crippen MR) is 74.6 cm³/mol. The Hall–Kier alpha value is -1.74. The number of hydrogen-bond acceptors (Lipinski definition) is 3. The molecule has 1 aromatic carbocycles. The van der Waals surface area contributed by atoms with Gasteiger partial charge in [0.1, 0.15) is 0 Å². The molecule has 1 aromatic heterocycles. The first-order chi connectivity index (χ1) is 8.84. The summed E-state index contributed by atoms with van der Waals surface area (Å²) in [6.07, 6.45) is 4.65. The maximum Gasteiger partial charge on any atom is 0.0947 e. The highest BCUT2D eigenvalue weighted by molar-refractivity contribution is 5.42. The predicted octanol–water partition coefficient (Wildman–Crippen LogP) is 3.21. The van der Waals surface area contributed by atoms with Crippen LogP contribution in [0.15, 0.2) is 53.3 Å². The maximum absolute atomic E-state index is 5.06. The minimum absolute atomic E-state index is 0.946. The van der Waals surface area contributed by atoms with Gasteiger partial charge in [0.15, 0.2) is 0 Å². The molecule has 0 radical (unpaired) electrons. The van der Waals surface area contributed by atoms with Gasteiger partial charge in [-0.2, -0.15) is 0 Å². The first-order valence-corrected chi connectivity index (χ1v) is 6.33. The second-order valence-electron chi connectivity index (χ2n) is 4.52. The molecule has 18 heavy (non-hydrogen) atoms. The van der Waals surface area contributed by atoms with E-state index in [1.165, 1.54) is 11.3 Å². The summed E-state index contributed by atoms with van der Waals surface area (Å²) >= 11 is 0. The van der Waals surface area contributed by atoms with Crippen molar-refractivity contribution in [3.63, 3.8) is 0 Å². The number of benzene rings is 1. The molecule has 0 unspecified atom stereocenters. The van der Waals surface area contributed by atoms with Crippen molar-refractivity contribution in [2.45, 2.75) is 13.0 Å². The molecule has 0 spiro atoms. The van der Waals surface area contributed by atoms with Gasteiger partial charge in [-0.1, -0.05) is 18.2 Å². The van der Waals surface area contributed by atoms with Crippen molar-refractivity contribution in [1.29, 1.82) is 0 Å². The van der Waals surface area contributed by atoms with Crippen LogP contribution in [0.4, 0.5) is 5.69 Å². The molecule has 1 heterocycles. The molecule has 0 aliphatic rings. The number of hydrogen-bond donors (Lipinski definition) is 1. The van der Waals surface area contributed by atoms with Crippen molar-refractivity contribution in [3.8, 4) is 0 Å². The topological polar surface area (TPSA) is 28.4 Å². The number of nitrogens with one attached hydrogen (secondary N) is 1. The smallest absolute Gasteiger partial charge is 0.0947 e. The molecular formula is C15H20N2O. The Morgan fingerprint density at radius 3 is 2.72 bits per heavy atom. The van der Waals surface area contributed by atoms with Crippen LogP contribution < -0.4 is 5.32 Å². The molecule has 0 bridgehead atoms. The van der Waals surface area contributed by atoms with Crippen molar-refractivity contribution in [3.05, 3.63) is 54.5 Å². The van der Waals surface area contributed by atoms with Crippen LogP contribution in [0, 0.1) is 0 Å². The van der Waals surface area contributed by atoms with Gasteiger partial charge in [-0.25, -0.2) is 0 Å². The zero-order chi connectivity index (χ0) is 12.6. The van der Waals surface area contributed by atoms with Crippen molar-refractivity contribution in [2.75, 3.05) is 25.5 Å². The van der Waals surface area contributed by atoms with Crippen molar-refractivity contribution in [2.24, 2.45) is 0 Å². The highest BCUT2D eigenvalue weighted by Gasteiger charge is 2.00. The first kappa shape index (κ1) is 12.7. The summed E-state index contributed by atoms with van der Waals surface area (Å²) in [7, 11) is 2.13. The summed E-state index contributed by atoms with van der Waals surface area (Å²) in [5.74, 6) is 0. The van der Waals surface area contributed by atoms with E-state index in [-0.39, 0.29) is 0 Å². The molecule has 2 rings (SSSR count). The van der Waals surface area contributed by atoms with Crippen LogP contribution in [0.5, 0.6) is 0 Å². The number of furan rings is 1. The third kappa shape index (κ3) is 4.26. The number of para-hydroxylation sites is 1. The average Bonchev–Trinajstić information content (AvgIpc) is 2.89. The van der Waals surface area contributed by atoms with Crippen LogP contribution in [-0.2, 0) is 6.54 Å². The molecule has 0 aliphatic heterocycles. The maximum atomic E-state index is 5.06. The van der Waals surface area contributed by atoms with Crippen molar-refractivity contribution < 1.29 is 4.42 Å². The Morgan fingerprint density at radius 1 is 1.17 bits per heavy atom. The summed E-state index contributed by atoms with van der Waals surface area (Å²) in [4.78, 5) is 2.30. The molecule has 3 heteroatoms. The summed E-state index contributed by atoms with van der Waals surface area (Å²) < 4.78 is 5.06. The number of anilines is 1. The molecule has 2 aromatic rings. The summed E-state index contributed by atoms with van der Waals surface area (Å²) in [5, 5.41) is 3.41. The normalized spacial score (nSPS) is 10.8. The number of rotatable bonds is 7. The molecule has 96 valence electrons. The highest BCUT2D eigenvalue weighted by Crippen LogP contribution is 2.06. The SMILES string of the molecule is CN(CCCNc1ccccc1)Cc1ccoc1. The molecule has 0 aliphatic carbocycles. The van der Waals surface area contributed by atoms with E-state index in [0.717, 1.165) is 26.1 Å². The van der Waals surface area contributed by atoms with Crippen LogP contribution in [0.1, 0.15) is 12.0 Å². The van der Waals surface area contributed by atoms with Crippen LogP contribution in [0.25, 0.3) is 0 Å². The lowest BCUT2D eigenvalue weighted by atomic mass is 10.3. The Balaban J connectivity index is 1.60. The second kappa shape index (κ2) is 6.87. The van der Waals surface area contributed by atoms with Crippen LogP contribution >= 0.6 is 0 Å². The summed E-state index contributed by atoms with van der Waals surface area (Å²) in [6, 6.07) is 12.3. The zero-order valence-corrected chi connectivity index (χ0v) is 10.8. The lowest BCUT2D eigenvalue weighted by Gasteiger charge is -2.15. The van der Waals surface area contributed by atoms with Gasteiger partial charge in [0.25, 0.3) is 0 Å². The highest BCUT2D eigenvalue weighted by atomic mass is 16.3. The standard InChI is InChI=1S/C15H20N2O/c1-17(12-14-8-11-18-13-14)10-5-9-16-15-6-3-2-4-7-15/h2-4,6-8,11,13,16H,5,9-10,12H2,1H3. The second-order valence-corrected chi connectivity index (χ2v) is 4.52. The van der Waals surface area contributed by atoms with Gasteiger partial charge in [-0.15, -0.1) is 0 Å². The molecule has 1 N–H and O–H groups in total. The van der Waals surface area contributed by atoms with Gasteiger partial charge in [-0.05, 0) is 38.2 Å². The first-order valence-electron chi connectivity index (χ1n) is 6.33. The van der Waals surface area contributed by atoms with Gasteiger partial charge in [0.05, 0.1) is 12.5 Å². The molecule has 0 saturated carbocycles. The lowest BCUT2D eigenvalue weighted by Crippen LogP contribution is -2.20. The van der Waals surface area contributed by atoms with Gasteiger partial charge >= 0.3 is 0 Å². The fraction of sp³-hybridized carbons (Fsp3) is 0.333. The third-order valence-electron chi connectivity index (χ3n) is 2.85. The van der Waals surface area contributed by atoms with Crippen LogP contribution in [0.3, 0.4) is 0 Å². The molecule has 0 fully saturated rings. The largest absolute Gasteiger partial charge is 0.472 e. The molecule has 0 saturated heterocycles. The molecule has 3 nitrogen and oxygen atoms in total. The van der Waals surface area contributed by atoms with Crippen molar-refractivity contribution in [1.82, 2.24) is 4.90 Å². The van der Waals surface area contributed by atoms with Crippen LogP contribution in [0.2, 0.25) is 0 Å². The zero-order valence-electron chi connectivity index (χ0n) is 10.8. The van der Waals surface area contributed by atoms with Gasteiger partial charge in [0, 0.05) is 24.3 Å². The Bertz CT molecular complexity index is 425. The molecule has 0 amide bonds. The molecule has 0 atom stereocenters. The fourth-order valence-corrected chi connectivity index (χ4v) is 1.91. The van der Waals surface area contributed by atoms with E-state index in [4.69, 9.17) is 4.42 Å². The van der Waals surface area contributed by atoms with E-state index >= 15 is 0 Å². The monoisotopic (exact) mass is 244 g/mol. The van der Waals surface area contributed by atoms with E-state index in [0.29, 0.717) is 0 Å². The van der Waals surface area contributed by atoms with Gasteiger partial charge in [0.2, 0.25) is 0 Å². The van der Waals surface area contributed by atoms with Crippen LogP contribution in [-0.4, -0.2) is 25.0 Å². The average molecular weight is 244 g/mol. The Morgan fingerprint density at radius 2 is 2.00 bits per heavy atom. The molecular weight excluding hydrogens is 224 g/mol. The number of nitrogens with zero attached hydrogens (tertiary/aromatic N) is 1. The van der Waals surface area contributed by atoms with Gasteiger partial charge in [-0.3, -0.25) is 0 Å². The Labute approximate surface area is 108 Å². The quantitative estimate of drug-likeness (QED) is 0.758. The van der Waals surface area contributed by atoms with Gasteiger partial charge < -0.3 is 14.6 Å². The third-order valence-corrected chi connectivity index (χ3v) is 2.85. The van der Waals surface area contributed by atoms with E-state index in [1.807, 2.05) is 24.3 Å². The van der Waals surface area contributed by atoms with E-state index < -0.39 is 0 Å². The van der Waals surface area contributed by atoms with E-state index in [1.54, 1.807) is 12.5 Å². The minimum Gasteiger partial charge on any atom is -0.472 e. The Kier molecular flexibility index (Phi) is 4.85. The van der Waals surface area contributed by atoms with Crippen molar-refractivity contribution >= 4 is 5.69 Å². The summed E-state index contributed by atoms with van der Waals surface area (Å²) in [6.45, 7) is 3.02. The van der Waals surface area contributed by atoms with E-state index in [9.17, 15) is 0 Å². The lowest BCUT2D eigenvalue weighted by molar-refractivity contribution is 0.324.